The number of halogens is 1. The van der Waals surface area contributed by atoms with Gasteiger partial charge in [0.05, 0.1) is 48.4 Å². The van der Waals surface area contributed by atoms with Gasteiger partial charge in [0, 0.05) is 38.8 Å². The largest absolute Gasteiger partial charge is 0.372 e. The van der Waals surface area contributed by atoms with Crippen molar-refractivity contribution in [2.75, 3.05) is 43.7 Å². The Morgan fingerprint density at radius 2 is 2.12 bits per heavy atom. The number of nitrogens with one attached hydrogen (secondary N) is 1. The van der Waals surface area contributed by atoms with Gasteiger partial charge in [-0.25, -0.2) is 9.37 Å². The third-order valence-electron chi connectivity index (χ3n) is 7.16. The minimum atomic E-state index is -0.384. The van der Waals surface area contributed by atoms with E-state index in [1.54, 1.807) is 12.4 Å². The summed E-state index contributed by atoms with van der Waals surface area (Å²) in [5.74, 6) is 0.305. The molecule has 3 aromatic rings. The molecule has 1 saturated heterocycles. The summed E-state index contributed by atoms with van der Waals surface area (Å²) in [4.78, 5) is 17.5. The van der Waals surface area contributed by atoms with Crippen molar-refractivity contribution in [3.05, 3.63) is 29.8 Å². The molecule has 3 aliphatic heterocycles. The average molecular weight is 466 g/mol. The molecule has 0 aliphatic carbocycles. The van der Waals surface area contributed by atoms with E-state index in [0.717, 1.165) is 12.1 Å². The standard InChI is InChI=1S/C24H28FN7O2/c1-13-9-32-21-15(6-24(10-27-12-28-11-24)23(32)14(2)33-13)5-16-20(30-34-22(16)19(21)25)17-7-26-8-18(29-17)31(3)4/h5,7-8,10,13-14,23,28H,6,9,11-12H2,1-4H3/t13-,14+,23-,24?/m0/s1. The molecule has 1 spiro atoms. The highest BCUT2D eigenvalue weighted by molar-refractivity contribution is 5.95. The van der Waals surface area contributed by atoms with Gasteiger partial charge >= 0.3 is 0 Å². The van der Waals surface area contributed by atoms with Crippen LogP contribution >= 0.6 is 0 Å². The summed E-state index contributed by atoms with van der Waals surface area (Å²) in [6.07, 6.45) is 5.90. The second-order valence-electron chi connectivity index (χ2n) is 9.82. The van der Waals surface area contributed by atoms with Crippen molar-refractivity contribution in [2.24, 2.45) is 10.4 Å². The zero-order valence-electron chi connectivity index (χ0n) is 19.7. The van der Waals surface area contributed by atoms with Crippen LogP contribution in [-0.4, -0.2) is 73.4 Å². The van der Waals surface area contributed by atoms with Gasteiger partial charge in [-0.15, -0.1) is 0 Å². The molecule has 34 heavy (non-hydrogen) atoms. The molecule has 9 nitrogen and oxygen atoms in total. The molecule has 4 atom stereocenters. The fourth-order valence-electron chi connectivity index (χ4n) is 5.91. The first-order valence-corrected chi connectivity index (χ1v) is 11.6. The lowest BCUT2D eigenvalue weighted by molar-refractivity contribution is -0.0522. The van der Waals surface area contributed by atoms with Crippen molar-refractivity contribution in [2.45, 2.75) is 38.5 Å². The molecule has 0 bridgehead atoms. The van der Waals surface area contributed by atoms with Crippen LogP contribution in [-0.2, 0) is 11.2 Å². The van der Waals surface area contributed by atoms with E-state index < -0.39 is 0 Å². The van der Waals surface area contributed by atoms with Crippen molar-refractivity contribution < 1.29 is 13.7 Å². The Kier molecular flexibility index (Phi) is 4.86. The molecule has 5 heterocycles. The van der Waals surface area contributed by atoms with Gasteiger partial charge in [0.25, 0.3) is 0 Å². The summed E-state index contributed by atoms with van der Waals surface area (Å²) in [7, 11) is 3.79. The second kappa shape index (κ2) is 7.71. The molecule has 10 heteroatoms. The minimum absolute atomic E-state index is 0.0211. The lowest BCUT2D eigenvalue weighted by Gasteiger charge is -2.56. The highest BCUT2D eigenvalue weighted by atomic mass is 19.1. The van der Waals surface area contributed by atoms with Crippen LogP contribution in [0.25, 0.3) is 22.4 Å². The summed E-state index contributed by atoms with van der Waals surface area (Å²) in [6, 6.07) is 1.97. The van der Waals surface area contributed by atoms with E-state index in [9.17, 15) is 0 Å². The van der Waals surface area contributed by atoms with Crippen LogP contribution in [0.2, 0.25) is 0 Å². The SMILES string of the molecule is C[C@H]1CN2c3c(cc4c(-c5cncc(N(C)C)n5)noc4c3F)CC3(C=NCNC3)[C@@H]2[C@@H](C)O1. The molecule has 1 unspecified atom stereocenters. The number of morpholine rings is 1. The Hall–Kier alpha value is -3.11. The Balaban J connectivity index is 1.55. The monoisotopic (exact) mass is 465 g/mol. The van der Waals surface area contributed by atoms with Gasteiger partial charge in [0.1, 0.15) is 17.2 Å². The number of ether oxygens (including phenoxy) is 1. The van der Waals surface area contributed by atoms with Crippen LogP contribution in [0.4, 0.5) is 15.9 Å². The Morgan fingerprint density at radius 3 is 2.88 bits per heavy atom. The van der Waals surface area contributed by atoms with Crippen molar-refractivity contribution in [3.63, 3.8) is 0 Å². The normalized spacial score (nSPS) is 28.3. The number of anilines is 2. The van der Waals surface area contributed by atoms with Gasteiger partial charge in [-0.3, -0.25) is 15.3 Å². The van der Waals surface area contributed by atoms with Gasteiger partial charge in [0.15, 0.2) is 5.82 Å². The van der Waals surface area contributed by atoms with Crippen molar-refractivity contribution in [3.8, 4) is 11.4 Å². The van der Waals surface area contributed by atoms with Gasteiger partial charge in [-0.1, -0.05) is 5.16 Å². The van der Waals surface area contributed by atoms with E-state index in [2.05, 4.69) is 43.5 Å². The number of hydrogen-bond acceptors (Lipinski definition) is 9. The third kappa shape index (κ3) is 3.12. The molecular formula is C24H28FN7O2. The average Bonchev–Trinajstić information content (AvgIpc) is 3.23. The molecule has 2 aromatic heterocycles. The first-order valence-electron chi connectivity index (χ1n) is 11.6. The fourth-order valence-corrected chi connectivity index (χ4v) is 5.91. The zero-order valence-corrected chi connectivity index (χ0v) is 19.7. The number of hydrogen-bond donors (Lipinski definition) is 1. The first kappa shape index (κ1) is 21.4. The van der Waals surface area contributed by atoms with E-state index in [1.165, 1.54) is 0 Å². The van der Waals surface area contributed by atoms with Crippen molar-refractivity contribution >= 4 is 28.7 Å². The molecule has 3 aliphatic rings. The summed E-state index contributed by atoms with van der Waals surface area (Å²) < 4.78 is 27.9. The Labute approximate surface area is 197 Å². The van der Waals surface area contributed by atoms with Crippen molar-refractivity contribution in [1.82, 2.24) is 20.4 Å². The van der Waals surface area contributed by atoms with Gasteiger partial charge in [-0.05, 0) is 31.9 Å². The summed E-state index contributed by atoms with van der Waals surface area (Å²) in [5.41, 5.74) is 2.37. The molecule has 0 amide bonds. The quantitative estimate of drug-likeness (QED) is 0.618. The predicted molar refractivity (Wildman–Crippen MR) is 128 cm³/mol. The first-order chi connectivity index (χ1) is 16.4. The predicted octanol–water partition coefficient (Wildman–Crippen LogP) is 2.65. The summed E-state index contributed by atoms with van der Waals surface area (Å²) >= 11 is 0. The van der Waals surface area contributed by atoms with Crippen LogP contribution in [0.15, 0.2) is 28.0 Å². The number of aromatic nitrogens is 3. The lowest BCUT2D eigenvalue weighted by atomic mass is 9.68. The van der Waals surface area contributed by atoms with Gasteiger partial charge in [-0.2, -0.15) is 0 Å². The van der Waals surface area contributed by atoms with Crippen LogP contribution in [0.5, 0.6) is 0 Å². The van der Waals surface area contributed by atoms with Gasteiger partial charge in [0.2, 0.25) is 5.58 Å². The number of benzene rings is 1. The maximum Gasteiger partial charge on any atom is 0.205 e. The second-order valence-corrected chi connectivity index (χ2v) is 9.82. The maximum atomic E-state index is 16.2. The third-order valence-corrected chi connectivity index (χ3v) is 7.16. The maximum absolute atomic E-state index is 16.2. The molecule has 1 N–H and O–H groups in total. The highest BCUT2D eigenvalue weighted by Gasteiger charge is 2.52. The Bertz CT molecular complexity index is 1290. The zero-order chi connectivity index (χ0) is 23.6. The summed E-state index contributed by atoms with van der Waals surface area (Å²) in [6.45, 7) is 6.04. The minimum Gasteiger partial charge on any atom is -0.372 e. The lowest BCUT2D eigenvalue weighted by Crippen LogP contribution is -2.67. The van der Waals surface area contributed by atoms with E-state index in [0.29, 0.717) is 47.9 Å². The molecular weight excluding hydrogens is 437 g/mol. The fraction of sp³-hybridized carbons (Fsp3) is 0.500. The molecule has 0 radical (unpaired) electrons. The van der Waals surface area contributed by atoms with Crippen molar-refractivity contribution in [1.29, 1.82) is 0 Å². The molecule has 0 saturated carbocycles. The van der Waals surface area contributed by atoms with E-state index in [1.807, 2.05) is 32.0 Å². The van der Waals surface area contributed by atoms with Crippen LogP contribution in [0.1, 0.15) is 19.4 Å². The molecule has 1 fully saturated rings. The van der Waals surface area contributed by atoms with Crippen LogP contribution in [0.3, 0.4) is 0 Å². The van der Waals surface area contributed by atoms with Crippen LogP contribution in [0, 0.1) is 11.2 Å². The van der Waals surface area contributed by atoms with Crippen LogP contribution < -0.4 is 15.1 Å². The van der Waals surface area contributed by atoms with E-state index >= 15 is 4.39 Å². The van der Waals surface area contributed by atoms with E-state index in [-0.39, 0.29) is 35.1 Å². The summed E-state index contributed by atoms with van der Waals surface area (Å²) in [5, 5.41) is 8.23. The molecule has 178 valence electrons. The molecule has 1 aromatic carbocycles. The van der Waals surface area contributed by atoms with Gasteiger partial charge < -0.3 is 19.1 Å². The number of nitrogens with zero attached hydrogens (tertiary/aromatic N) is 6. The number of fused-ring (bicyclic) bond motifs is 5. The van der Waals surface area contributed by atoms with E-state index in [4.69, 9.17) is 9.26 Å². The topological polar surface area (TPSA) is 91.9 Å². The smallest absolute Gasteiger partial charge is 0.205 e. The molecule has 6 rings (SSSR count). The highest BCUT2D eigenvalue weighted by Crippen LogP contribution is 2.48. The number of rotatable bonds is 2. The number of aliphatic imine (C=N–C) groups is 1. The Morgan fingerprint density at radius 1 is 1.26 bits per heavy atom.